The minimum atomic E-state index is -4.84. The predicted molar refractivity (Wildman–Crippen MR) is 66.9 cm³/mol. The molecule has 0 N–H and O–H groups in total. The molecule has 0 unspecified atom stereocenters. The van der Waals surface area contributed by atoms with Gasteiger partial charge in [0.1, 0.15) is 5.82 Å². The monoisotopic (exact) mass is 313 g/mol. The lowest BCUT2D eigenvalue weighted by molar-refractivity contribution is -0.127. The van der Waals surface area contributed by atoms with E-state index in [1.165, 1.54) is 25.1 Å². The molecule has 0 radical (unpaired) electrons. The summed E-state index contributed by atoms with van der Waals surface area (Å²) < 4.78 is 75.3. The highest BCUT2D eigenvalue weighted by Gasteiger charge is 2.47. The smallest absolute Gasteiger partial charge is 0.212 e. The highest BCUT2D eigenvalue weighted by atomic mass is 32.2. The van der Waals surface area contributed by atoms with Crippen molar-refractivity contribution in [1.82, 2.24) is 4.31 Å². The Morgan fingerprint density at radius 2 is 1.90 bits per heavy atom. The van der Waals surface area contributed by atoms with Crippen LogP contribution in [0.15, 0.2) is 24.3 Å². The molecule has 0 aliphatic rings. The summed E-state index contributed by atoms with van der Waals surface area (Å²) in [6.07, 6.45) is -4.84. The fraction of sp³-hybridized carbons (Fsp3) is 0.500. The van der Waals surface area contributed by atoms with E-state index in [-0.39, 0.29) is 13.1 Å². The fourth-order valence-corrected chi connectivity index (χ4v) is 3.09. The number of hydrogen-bond acceptors (Lipinski definition) is 2. The highest BCUT2D eigenvalue weighted by Crippen LogP contribution is 2.28. The quantitative estimate of drug-likeness (QED) is 0.784. The SMILES string of the molecule is CCN(Cc1cccc(F)c1)S(=O)(=O)[C@H](C)C(F)(F)F. The number of hydrogen-bond donors (Lipinski definition) is 0. The first-order chi connectivity index (χ1) is 9.09. The van der Waals surface area contributed by atoms with Crippen LogP contribution < -0.4 is 0 Å². The molecular weight excluding hydrogens is 298 g/mol. The maximum absolute atomic E-state index is 13.0. The zero-order valence-corrected chi connectivity index (χ0v) is 11.8. The molecule has 0 heterocycles. The Balaban J connectivity index is 3.01. The maximum Gasteiger partial charge on any atom is 0.406 e. The van der Waals surface area contributed by atoms with Gasteiger partial charge in [0.2, 0.25) is 10.0 Å². The zero-order valence-electron chi connectivity index (χ0n) is 11.0. The van der Waals surface area contributed by atoms with Gasteiger partial charge in [-0.25, -0.2) is 12.8 Å². The van der Waals surface area contributed by atoms with E-state index < -0.39 is 27.3 Å². The Hall–Kier alpha value is -1.15. The summed E-state index contributed by atoms with van der Waals surface area (Å²) in [6, 6.07) is 5.10. The third-order valence-corrected chi connectivity index (χ3v) is 5.14. The van der Waals surface area contributed by atoms with Gasteiger partial charge < -0.3 is 0 Å². The summed E-state index contributed by atoms with van der Waals surface area (Å²) in [7, 11) is -4.53. The van der Waals surface area contributed by atoms with Crippen LogP contribution >= 0.6 is 0 Å². The molecule has 1 rings (SSSR count). The van der Waals surface area contributed by atoms with Crippen molar-refractivity contribution in [3.8, 4) is 0 Å². The molecule has 0 aromatic heterocycles. The van der Waals surface area contributed by atoms with Gasteiger partial charge in [0.25, 0.3) is 0 Å². The molecule has 0 saturated carbocycles. The molecule has 0 fully saturated rings. The fourth-order valence-electron chi connectivity index (χ4n) is 1.61. The zero-order chi connectivity index (χ0) is 15.6. The van der Waals surface area contributed by atoms with E-state index in [1.807, 2.05) is 0 Å². The van der Waals surface area contributed by atoms with Crippen LogP contribution in [0.2, 0.25) is 0 Å². The summed E-state index contributed by atoms with van der Waals surface area (Å²) >= 11 is 0. The first-order valence-corrected chi connectivity index (χ1v) is 7.39. The standard InChI is InChI=1S/C12H15F4NO2S/c1-3-17(8-10-5-4-6-11(13)7-10)20(18,19)9(2)12(14,15)16/h4-7,9H,3,8H2,1-2H3/t9-/m1/s1. The minimum absolute atomic E-state index is 0.126. The van der Waals surface area contributed by atoms with Gasteiger partial charge >= 0.3 is 6.18 Å². The van der Waals surface area contributed by atoms with Gasteiger partial charge in [0.15, 0.2) is 5.25 Å². The average molecular weight is 313 g/mol. The molecule has 0 amide bonds. The molecular formula is C12H15F4NO2S. The molecule has 0 saturated heterocycles. The van der Waals surface area contributed by atoms with Crippen LogP contribution in [0.5, 0.6) is 0 Å². The lowest BCUT2D eigenvalue weighted by Crippen LogP contribution is -2.44. The third kappa shape index (κ3) is 3.92. The van der Waals surface area contributed by atoms with E-state index in [2.05, 4.69) is 0 Å². The normalized spacial score (nSPS) is 14.6. The molecule has 8 heteroatoms. The first kappa shape index (κ1) is 16.9. The lowest BCUT2D eigenvalue weighted by Gasteiger charge is -2.25. The highest BCUT2D eigenvalue weighted by molar-refractivity contribution is 7.89. The molecule has 0 aliphatic heterocycles. The van der Waals surface area contributed by atoms with Crippen LogP contribution in [0.4, 0.5) is 17.6 Å². The Labute approximate surface area is 115 Å². The van der Waals surface area contributed by atoms with Gasteiger partial charge in [-0.15, -0.1) is 0 Å². The van der Waals surface area contributed by atoms with Crippen molar-refractivity contribution in [1.29, 1.82) is 0 Å². The molecule has 20 heavy (non-hydrogen) atoms. The van der Waals surface area contributed by atoms with Crippen LogP contribution in [-0.4, -0.2) is 30.7 Å². The summed E-state index contributed by atoms with van der Waals surface area (Å²) in [6.45, 7) is 1.61. The van der Waals surface area contributed by atoms with Crippen molar-refractivity contribution in [2.45, 2.75) is 31.8 Å². The van der Waals surface area contributed by atoms with Gasteiger partial charge in [-0.1, -0.05) is 19.1 Å². The summed E-state index contributed by atoms with van der Waals surface area (Å²) in [5.74, 6) is -0.570. The maximum atomic E-state index is 13.0. The van der Waals surface area contributed by atoms with Gasteiger partial charge in [-0.05, 0) is 24.6 Å². The van der Waals surface area contributed by atoms with Gasteiger partial charge in [-0.2, -0.15) is 17.5 Å². The number of alkyl halides is 3. The van der Waals surface area contributed by atoms with Crippen LogP contribution in [-0.2, 0) is 16.6 Å². The van der Waals surface area contributed by atoms with Crippen LogP contribution in [0.25, 0.3) is 0 Å². The van der Waals surface area contributed by atoms with Crippen molar-refractivity contribution >= 4 is 10.0 Å². The van der Waals surface area contributed by atoms with Crippen LogP contribution in [0.1, 0.15) is 19.4 Å². The molecule has 1 aromatic rings. The predicted octanol–water partition coefficient (Wildman–Crippen LogP) is 2.93. The van der Waals surface area contributed by atoms with E-state index in [0.717, 1.165) is 6.07 Å². The van der Waals surface area contributed by atoms with Crippen molar-refractivity contribution < 1.29 is 26.0 Å². The minimum Gasteiger partial charge on any atom is -0.212 e. The number of halogens is 4. The number of benzene rings is 1. The third-order valence-electron chi connectivity index (χ3n) is 2.87. The summed E-state index contributed by atoms with van der Waals surface area (Å²) in [5.41, 5.74) is 0.296. The van der Waals surface area contributed by atoms with E-state index in [0.29, 0.717) is 16.8 Å². The van der Waals surface area contributed by atoms with Gasteiger partial charge in [0, 0.05) is 13.1 Å². The second-order valence-corrected chi connectivity index (χ2v) is 6.54. The number of nitrogens with zero attached hydrogens (tertiary/aromatic N) is 1. The average Bonchev–Trinajstić information content (AvgIpc) is 2.33. The Bertz CT molecular complexity index is 557. The summed E-state index contributed by atoms with van der Waals surface area (Å²) in [5, 5.41) is -2.50. The van der Waals surface area contributed by atoms with Crippen molar-refractivity contribution in [3.05, 3.63) is 35.6 Å². The van der Waals surface area contributed by atoms with Crippen molar-refractivity contribution in [2.24, 2.45) is 0 Å². The molecule has 0 aliphatic carbocycles. The van der Waals surface area contributed by atoms with Gasteiger partial charge in [-0.3, -0.25) is 0 Å². The number of rotatable bonds is 5. The molecule has 1 aromatic carbocycles. The Kier molecular flexibility index (Phi) is 5.15. The molecule has 1 atom stereocenters. The molecule has 0 bridgehead atoms. The van der Waals surface area contributed by atoms with Crippen LogP contribution in [0, 0.1) is 5.82 Å². The molecule has 3 nitrogen and oxygen atoms in total. The van der Waals surface area contributed by atoms with Gasteiger partial charge in [0.05, 0.1) is 0 Å². The first-order valence-electron chi connectivity index (χ1n) is 5.89. The van der Waals surface area contributed by atoms with E-state index >= 15 is 0 Å². The van der Waals surface area contributed by atoms with Crippen molar-refractivity contribution in [3.63, 3.8) is 0 Å². The van der Waals surface area contributed by atoms with E-state index in [9.17, 15) is 26.0 Å². The van der Waals surface area contributed by atoms with Crippen molar-refractivity contribution in [2.75, 3.05) is 6.54 Å². The number of sulfonamides is 1. The largest absolute Gasteiger partial charge is 0.406 e. The van der Waals surface area contributed by atoms with Crippen LogP contribution in [0.3, 0.4) is 0 Å². The van der Waals surface area contributed by atoms with E-state index in [1.54, 1.807) is 0 Å². The Morgan fingerprint density at radius 1 is 1.30 bits per heavy atom. The molecule has 114 valence electrons. The lowest BCUT2D eigenvalue weighted by atomic mass is 10.2. The Morgan fingerprint density at radius 3 is 2.35 bits per heavy atom. The topological polar surface area (TPSA) is 37.4 Å². The second-order valence-electron chi connectivity index (χ2n) is 4.28. The van der Waals surface area contributed by atoms with E-state index in [4.69, 9.17) is 0 Å². The summed E-state index contributed by atoms with van der Waals surface area (Å²) in [4.78, 5) is 0. The second kappa shape index (κ2) is 6.09. The molecule has 0 spiro atoms.